The predicted molar refractivity (Wildman–Crippen MR) is 91.2 cm³/mol. The molecule has 1 unspecified atom stereocenters. The SMILES string of the molecule is CN1CCc2cc3c(cc2C1CCc1ccc(F)cc1)OCCO3. The van der Waals surface area contributed by atoms with Gasteiger partial charge in [0.15, 0.2) is 11.5 Å². The Hall–Kier alpha value is -2.07. The van der Waals surface area contributed by atoms with Gasteiger partial charge in [0.1, 0.15) is 19.0 Å². The van der Waals surface area contributed by atoms with Crippen molar-refractivity contribution in [3.8, 4) is 11.5 Å². The molecule has 2 aromatic carbocycles. The topological polar surface area (TPSA) is 21.7 Å². The van der Waals surface area contributed by atoms with Crippen LogP contribution in [0.25, 0.3) is 0 Å². The van der Waals surface area contributed by atoms with E-state index in [9.17, 15) is 4.39 Å². The van der Waals surface area contributed by atoms with Crippen LogP contribution in [0, 0.1) is 5.82 Å². The van der Waals surface area contributed by atoms with Crippen molar-refractivity contribution in [1.82, 2.24) is 4.90 Å². The van der Waals surface area contributed by atoms with Crippen LogP contribution >= 0.6 is 0 Å². The lowest BCUT2D eigenvalue weighted by Crippen LogP contribution is -2.33. The third-order valence-electron chi connectivity index (χ3n) is 5.05. The van der Waals surface area contributed by atoms with E-state index in [1.165, 1.54) is 28.8 Å². The number of rotatable bonds is 3. The Labute approximate surface area is 142 Å². The van der Waals surface area contributed by atoms with E-state index in [1.807, 2.05) is 12.1 Å². The first kappa shape index (κ1) is 15.5. The van der Waals surface area contributed by atoms with Gasteiger partial charge in [0.25, 0.3) is 0 Å². The van der Waals surface area contributed by atoms with Crippen molar-refractivity contribution in [2.75, 3.05) is 26.8 Å². The first-order valence-corrected chi connectivity index (χ1v) is 8.58. The van der Waals surface area contributed by atoms with Gasteiger partial charge in [-0.1, -0.05) is 12.1 Å². The van der Waals surface area contributed by atoms with Crippen molar-refractivity contribution < 1.29 is 13.9 Å². The average Bonchev–Trinajstić information content (AvgIpc) is 2.61. The minimum atomic E-state index is -0.178. The number of hydrogen-bond donors (Lipinski definition) is 0. The van der Waals surface area contributed by atoms with Gasteiger partial charge >= 0.3 is 0 Å². The number of fused-ring (bicyclic) bond motifs is 2. The molecule has 0 aromatic heterocycles. The molecule has 2 heterocycles. The second-order valence-electron chi connectivity index (χ2n) is 6.61. The first-order valence-electron chi connectivity index (χ1n) is 8.58. The lowest BCUT2D eigenvalue weighted by molar-refractivity contribution is 0.168. The van der Waals surface area contributed by atoms with Crippen LogP contribution in [0.1, 0.15) is 29.2 Å². The smallest absolute Gasteiger partial charge is 0.161 e. The predicted octanol–water partition coefficient (Wildman–Crippen LogP) is 3.76. The van der Waals surface area contributed by atoms with Crippen molar-refractivity contribution in [3.63, 3.8) is 0 Å². The van der Waals surface area contributed by atoms with Crippen LogP contribution in [-0.4, -0.2) is 31.7 Å². The quantitative estimate of drug-likeness (QED) is 0.857. The minimum Gasteiger partial charge on any atom is -0.486 e. The van der Waals surface area contributed by atoms with Gasteiger partial charge in [0.05, 0.1) is 0 Å². The molecule has 0 saturated carbocycles. The summed E-state index contributed by atoms with van der Waals surface area (Å²) < 4.78 is 24.5. The van der Waals surface area contributed by atoms with Crippen LogP contribution in [0.4, 0.5) is 4.39 Å². The van der Waals surface area contributed by atoms with Gasteiger partial charge in [-0.15, -0.1) is 0 Å². The highest BCUT2D eigenvalue weighted by Gasteiger charge is 2.27. The van der Waals surface area contributed by atoms with E-state index in [0.29, 0.717) is 19.3 Å². The summed E-state index contributed by atoms with van der Waals surface area (Å²) in [4.78, 5) is 2.40. The van der Waals surface area contributed by atoms with Crippen molar-refractivity contribution in [1.29, 1.82) is 0 Å². The Morgan fingerprint density at radius 2 is 1.79 bits per heavy atom. The standard InChI is InChI=1S/C20H22FNO2/c1-22-9-8-15-12-19-20(24-11-10-23-19)13-17(15)18(22)7-4-14-2-5-16(21)6-3-14/h2-3,5-6,12-13,18H,4,7-11H2,1H3. The minimum absolute atomic E-state index is 0.178. The summed E-state index contributed by atoms with van der Waals surface area (Å²) in [6.07, 6.45) is 2.98. The van der Waals surface area contributed by atoms with Gasteiger partial charge in [-0.25, -0.2) is 4.39 Å². The van der Waals surface area contributed by atoms with Crippen molar-refractivity contribution in [2.45, 2.75) is 25.3 Å². The van der Waals surface area contributed by atoms with Gasteiger partial charge in [-0.3, -0.25) is 4.90 Å². The Bertz CT molecular complexity index is 729. The molecule has 0 radical (unpaired) electrons. The van der Waals surface area contributed by atoms with Crippen molar-refractivity contribution in [2.24, 2.45) is 0 Å². The molecule has 24 heavy (non-hydrogen) atoms. The zero-order valence-corrected chi connectivity index (χ0v) is 13.9. The van der Waals surface area contributed by atoms with E-state index in [2.05, 4.69) is 24.1 Å². The van der Waals surface area contributed by atoms with Crippen LogP contribution in [0.3, 0.4) is 0 Å². The fourth-order valence-corrected chi connectivity index (χ4v) is 3.69. The van der Waals surface area contributed by atoms with Crippen molar-refractivity contribution >= 4 is 0 Å². The first-order chi connectivity index (χ1) is 11.7. The molecule has 0 bridgehead atoms. The third-order valence-corrected chi connectivity index (χ3v) is 5.05. The van der Waals surface area contributed by atoms with Crippen LogP contribution in [0.5, 0.6) is 11.5 Å². The lowest BCUT2D eigenvalue weighted by Gasteiger charge is -2.36. The van der Waals surface area contributed by atoms with E-state index in [-0.39, 0.29) is 5.82 Å². The molecule has 126 valence electrons. The number of benzene rings is 2. The molecule has 0 fully saturated rings. The number of nitrogens with zero attached hydrogens (tertiary/aromatic N) is 1. The summed E-state index contributed by atoms with van der Waals surface area (Å²) in [5.41, 5.74) is 3.88. The molecule has 0 saturated heterocycles. The van der Waals surface area contributed by atoms with Crippen LogP contribution in [0.15, 0.2) is 36.4 Å². The summed E-state index contributed by atoms with van der Waals surface area (Å²) >= 11 is 0. The summed E-state index contributed by atoms with van der Waals surface area (Å²) in [6, 6.07) is 11.5. The zero-order valence-electron chi connectivity index (χ0n) is 13.9. The fourth-order valence-electron chi connectivity index (χ4n) is 3.69. The summed E-state index contributed by atoms with van der Waals surface area (Å²) in [7, 11) is 2.18. The molecule has 4 rings (SSSR count). The highest BCUT2D eigenvalue weighted by atomic mass is 19.1. The normalized spacial score (nSPS) is 19.8. The maximum absolute atomic E-state index is 13.1. The highest BCUT2D eigenvalue weighted by Crippen LogP contribution is 2.40. The second kappa shape index (κ2) is 6.44. The number of ether oxygens (including phenoxy) is 2. The number of likely N-dealkylation sites (N-methyl/N-ethyl adjacent to an activating group) is 1. The molecular weight excluding hydrogens is 305 g/mol. The maximum atomic E-state index is 13.1. The van der Waals surface area contributed by atoms with Gasteiger partial charge in [0.2, 0.25) is 0 Å². The van der Waals surface area contributed by atoms with Gasteiger partial charge in [-0.05, 0) is 67.3 Å². The van der Waals surface area contributed by atoms with E-state index >= 15 is 0 Å². The zero-order chi connectivity index (χ0) is 16.5. The summed E-state index contributed by atoms with van der Waals surface area (Å²) in [5.74, 6) is 1.56. The summed E-state index contributed by atoms with van der Waals surface area (Å²) in [5, 5.41) is 0. The average molecular weight is 327 g/mol. The monoisotopic (exact) mass is 327 g/mol. The molecular formula is C20H22FNO2. The Balaban J connectivity index is 1.58. The second-order valence-corrected chi connectivity index (χ2v) is 6.61. The molecule has 0 amide bonds. The van der Waals surface area contributed by atoms with Crippen LogP contribution < -0.4 is 9.47 Å². The van der Waals surface area contributed by atoms with E-state index in [0.717, 1.165) is 37.3 Å². The Morgan fingerprint density at radius 1 is 1.08 bits per heavy atom. The van der Waals surface area contributed by atoms with Crippen LogP contribution in [0.2, 0.25) is 0 Å². The molecule has 2 aliphatic heterocycles. The molecule has 2 aliphatic rings. The molecule has 0 aliphatic carbocycles. The fraction of sp³-hybridized carbons (Fsp3) is 0.400. The summed E-state index contributed by atoms with van der Waals surface area (Å²) in [6.45, 7) is 2.28. The van der Waals surface area contributed by atoms with Crippen LogP contribution in [-0.2, 0) is 12.8 Å². The number of aryl methyl sites for hydroxylation is 1. The molecule has 4 heteroatoms. The molecule has 0 spiro atoms. The van der Waals surface area contributed by atoms with E-state index < -0.39 is 0 Å². The lowest BCUT2D eigenvalue weighted by atomic mass is 9.88. The highest BCUT2D eigenvalue weighted by molar-refractivity contribution is 5.50. The molecule has 1 atom stereocenters. The van der Waals surface area contributed by atoms with Crippen molar-refractivity contribution in [3.05, 3.63) is 58.9 Å². The third kappa shape index (κ3) is 2.98. The van der Waals surface area contributed by atoms with E-state index in [1.54, 1.807) is 0 Å². The molecule has 3 nitrogen and oxygen atoms in total. The maximum Gasteiger partial charge on any atom is 0.161 e. The Kier molecular flexibility index (Phi) is 4.15. The van der Waals surface area contributed by atoms with Gasteiger partial charge in [-0.2, -0.15) is 0 Å². The Morgan fingerprint density at radius 3 is 2.54 bits per heavy atom. The number of halogens is 1. The largest absolute Gasteiger partial charge is 0.486 e. The van der Waals surface area contributed by atoms with E-state index in [4.69, 9.17) is 9.47 Å². The number of hydrogen-bond acceptors (Lipinski definition) is 3. The molecule has 0 N–H and O–H groups in total. The van der Waals surface area contributed by atoms with Gasteiger partial charge < -0.3 is 9.47 Å². The molecule has 2 aromatic rings. The van der Waals surface area contributed by atoms with Gasteiger partial charge in [0, 0.05) is 12.6 Å².